The number of benzene rings is 2. The average molecular weight is 361 g/mol. The van der Waals surface area contributed by atoms with Crippen molar-refractivity contribution in [3.05, 3.63) is 59.7 Å². The second kappa shape index (κ2) is 9.21. The van der Waals surface area contributed by atoms with E-state index in [-0.39, 0.29) is 6.04 Å². The van der Waals surface area contributed by atoms with Gasteiger partial charge in [-0.05, 0) is 35.1 Å². The van der Waals surface area contributed by atoms with Gasteiger partial charge in [0.15, 0.2) is 0 Å². The van der Waals surface area contributed by atoms with Gasteiger partial charge in [-0.25, -0.2) is 0 Å². The maximum absolute atomic E-state index is 5.00. The summed E-state index contributed by atoms with van der Waals surface area (Å²) in [5.41, 5.74) is 5.53. The lowest BCUT2D eigenvalue weighted by Crippen LogP contribution is -2.28. The van der Waals surface area contributed by atoms with Crippen molar-refractivity contribution < 1.29 is 0 Å². The molecule has 4 rings (SSSR count). The summed E-state index contributed by atoms with van der Waals surface area (Å²) in [6.45, 7) is 0.971. The van der Waals surface area contributed by atoms with Crippen LogP contribution in [-0.4, -0.2) is 12.4 Å². The third-order valence-electron chi connectivity index (χ3n) is 6.02. The smallest absolute Gasteiger partial charge is 0.0970 e. The summed E-state index contributed by atoms with van der Waals surface area (Å²) in [4.78, 5) is 5.00. The van der Waals surface area contributed by atoms with E-state index in [1.165, 1.54) is 85.9 Å². The van der Waals surface area contributed by atoms with E-state index < -0.39 is 0 Å². The van der Waals surface area contributed by atoms with Crippen LogP contribution >= 0.6 is 0 Å². The molecule has 2 aliphatic rings. The van der Waals surface area contributed by atoms with E-state index in [1.807, 2.05) is 0 Å². The molecule has 0 spiro atoms. The predicted octanol–water partition coefficient (Wildman–Crippen LogP) is 6.66. The summed E-state index contributed by atoms with van der Waals surface area (Å²) in [7, 11) is 0. The van der Waals surface area contributed by atoms with Crippen molar-refractivity contribution in [2.24, 2.45) is 4.99 Å². The Morgan fingerprint density at radius 3 is 1.78 bits per heavy atom. The van der Waals surface area contributed by atoms with Gasteiger partial charge in [0.2, 0.25) is 0 Å². The van der Waals surface area contributed by atoms with Crippen LogP contribution in [0.25, 0.3) is 11.1 Å². The zero-order chi connectivity index (χ0) is 18.3. The van der Waals surface area contributed by atoms with Crippen LogP contribution in [0, 0.1) is 0 Å². The lowest BCUT2D eigenvalue weighted by Gasteiger charge is -2.19. The minimum Gasteiger partial charge on any atom is -0.363 e. The summed E-state index contributed by atoms with van der Waals surface area (Å²) in [6.07, 6.45) is 13.2. The molecule has 0 atom stereocenters. The maximum Gasteiger partial charge on any atom is 0.0970 e. The Labute approximate surface area is 164 Å². The number of rotatable bonds is 1. The molecule has 2 aromatic carbocycles. The lowest BCUT2D eigenvalue weighted by molar-refractivity contribution is 0.567. The quantitative estimate of drug-likeness (QED) is 0.604. The standard InChI is InChI=1S/C25H32N2/c1-2-4-6-8-18-24(26-19-13-7-5-3-1)27-25-22-16-11-9-14-20(22)21-15-10-12-17-23(21)25/h9-12,14-17,25H,1-8,13,18-19H2,(H,26,27). The molecule has 0 saturated heterocycles. The van der Waals surface area contributed by atoms with Gasteiger partial charge in [-0.1, -0.05) is 93.5 Å². The Bertz CT molecular complexity index is 732. The summed E-state index contributed by atoms with van der Waals surface area (Å²) in [5.74, 6) is 1.21. The van der Waals surface area contributed by atoms with Gasteiger partial charge in [0, 0.05) is 13.0 Å². The molecule has 1 aliphatic heterocycles. The van der Waals surface area contributed by atoms with Gasteiger partial charge in [-0.15, -0.1) is 0 Å². The van der Waals surface area contributed by atoms with Gasteiger partial charge >= 0.3 is 0 Å². The fraction of sp³-hybridized carbons (Fsp3) is 0.480. The Kier molecular flexibility index (Phi) is 6.24. The van der Waals surface area contributed by atoms with Crippen LogP contribution < -0.4 is 5.32 Å². The Hall–Kier alpha value is -2.09. The predicted molar refractivity (Wildman–Crippen MR) is 115 cm³/mol. The zero-order valence-corrected chi connectivity index (χ0v) is 16.4. The van der Waals surface area contributed by atoms with Crippen LogP contribution in [0.4, 0.5) is 0 Å². The lowest BCUT2D eigenvalue weighted by atomic mass is 10.0. The summed E-state index contributed by atoms with van der Waals surface area (Å²) in [5, 5.41) is 3.85. The van der Waals surface area contributed by atoms with Crippen molar-refractivity contribution >= 4 is 5.84 Å². The van der Waals surface area contributed by atoms with E-state index in [1.54, 1.807) is 0 Å². The molecular weight excluding hydrogens is 328 g/mol. The van der Waals surface area contributed by atoms with Crippen LogP contribution in [0.2, 0.25) is 0 Å². The molecule has 1 aliphatic carbocycles. The van der Waals surface area contributed by atoms with Crippen LogP contribution in [0.15, 0.2) is 53.5 Å². The molecule has 0 unspecified atom stereocenters. The Morgan fingerprint density at radius 2 is 1.15 bits per heavy atom. The molecular formula is C25H32N2. The van der Waals surface area contributed by atoms with Crippen LogP contribution in [0.3, 0.4) is 0 Å². The summed E-state index contributed by atoms with van der Waals surface area (Å²) >= 11 is 0. The second-order valence-electron chi connectivity index (χ2n) is 8.01. The van der Waals surface area contributed by atoms with Crippen LogP contribution in [-0.2, 0) is 0 Å². The van der Waals surface area contributed by atoms with Gasteiger partial charge in [0.25, 0.3) is 0 Å². The largest absolute Gasteiger partial charge is 0.363 e. The number of hydrogen-bond donors (Lipinski definition) is 1. The van der Waals surface area contributed by atoms with Crippen molar-refractivity contribution in [3.8, 4) is 11.1 Å². The van der Waals surface area contributed by atoms with Gasteiger partial charge in [-0.3, -0.25) is 4.99 Å². The normalized spacial score (nSPS) is 19.0. The number of fused-ring (bicyclic) bond motifs is 3. The van der Waals surface area contributed by atoms with Crippen molar-refractivity contribution in [2.45, 2.75) is 70.3 Å². The number of amidine groups is 1. The number of nitrogens with one attached hydrogen (secondary N) is 1. The van der Waals surface area contributed by atoms with Crippen molar-refractivity contribution in [1.82, 2.24) is 5.32 Å². The molecule has 2 nitrogen and oxygen atoms in total. The molecule has 1 heterocycles. The minimum absolute atomic E-state index is 0.242. The molecule has 0 saturated carbocycles. The zero-order valence-electron chi connectivity index (χ0n) is 16.4. The second-order valence-corrected chi connectivity index (χ2v) is 8.01. The van der Waals surface area contributed by atoms with Crippen LogP contribution in [0.1, 0.15) is 81.4 Å². The van der Waals surface area contributed by atoms with Gasteiger partial charge in [0.1, 0.15) is 0 Å². The monoisotopic (exact) mass is 360 g/mol. The molecule has 142 valence electrons. The highest BCUT2D eigenvalue weighted by molar-refractivity contribution is 5.86. The molecule has 0 radical (unpaired) electrons. The first-order valence-corrected chi connectivity index (χ1v) is 10.9. The van der Waals surface area contributed by atoms with E-state index in [0.717, 1.165) is 13.0 Å². The van der Waals surface area contributed by atoms with Crippen molar-refractivity contribution in [3.63, 3.8) is 0 Å². The van der Waals surface area contributed by atoms with Crippen LogP contribution in [0.5, 0.6) is 0 Å². The number of nitrogens with zero attached hydrogens (tertiary/aromatic N) is 1. The molecule has 0 bridgehead atoms. The molecule has 0 aromatic heterocycles. The first-order valence-electron chi connectivity index (χ1n) is 10.9. The third kappa shape index (κ3) is 4.43. The molecule has 2 heteroatoms. The first-order chi connectivity index (χ1) is 13.4. The van der Waals surface area contributed by atoms with Gasteiger partial charge in [0.05, 0.1) is 11.9 Å². The van der Waals surface area contributed by atoms with E-state index >= 15 is 0 Å². The third-order valence-corrected chi connectivity index (χ3v) is 6.02. The highest BCUT2D eigenvalue weighted by Crippen LogP contribution is 2.43. The maximum atomic E-state index is 5.00. The summed E-state index contributed by atoms with van der Waals surface area (Å²) in [6, 6.07) is 17.9. The molecule has 1 N–H and O–H groups in total. The molecule has 27 heavy (non-hydrogen) atoms. The molecule has 2 aromatic rings. The SMILES string of the molecule is c1ccc2c(c1)-c1ccccc1C2NC1=NCCCCCCCCCCC1. The van der Waals surface area contributed by atoms with Gasteiger partial charge < -0.3 is 5.32 Å². The fourth-order valence-corrected chi connectivity index (χ4v) is 4.53. The minimum atomic E-state index is 0.242. The average Bonchev–Trinajstić information content (AvgIpc) is 3.03. The first kappa shape index (κ1) is 18.3. The Balaban J connectivity index is 1.53. The topological polar surface area (TPSA) is 24.4 Å². The summed E-state index contributed by atoms with van der Waals surface area (Å²) < 4.78 is 0. The highest BCUT2D eigenvalue weighted by atomic mass is 15.0. The van der Waals surface area contributed by atoms with E-state index in [9.17, 15) is 0 Å². The number of aliphatic imine (C=N–C) groups is 1. The van der Waals surface area contributed by atoms with Crippen molar-refractivity contribution in [1.29, 1.82) is 0 Å². The van der Waals surface area contributed by atoms with Crippen molar-refractivity contribution in [2.75, 3.05) is 6.54 Å². The van der Waals surface area contributed by atoms with E-state index in [2.05, 4.69) is 53.8 Å². The highest BCUT2D eigenvalue weighted by Gasteiger charge is 2.28. The van der Waals surface area contributed by atoms with E-state index in [0.29, 0.717) is 0 Å². The van der Waals surface area contributed by atoms with Gasteiger partial charge in [-0.2, -0.15) is 0 Å². The molecule has 0 fully saturated rings. The Morgan fingerprint density at radius 1 is 0.630 bits per heavy atom. The fourth-order valence-electron chi connectivity index (χ4n) is 4.53. The molecule has 0 amide bonds. The number of hydrogen-bond acceptors (Lipinski definition) is 2. The van der Waals surface area contributed by atoms with E-state index in [4.69, 9.17) is 4.99 Å².